The van der Waals surface area contributed by atoms with Crippen LogP contribution in [0.4, 0.5) is 4.39 Å². The van der Waals surface area contributed by atoms with E-state index in [2.05, 4.69) is 10.3 Å². The number of rotatable bonds is 4. The fraction of sp³-hybridized carbons (Fsp3) is 0.400. The lowest BCUT2D eigenvalue weighted by Gasteiger charge is -2.12. The third-order valence-corrected chi connectivity index (χ3v) is 2.35. The highest BCUT2D eigenvalue weighted by Crippen LogP contribution is 2.00. The van der Waals surface area contributed by atoms with Crippen LogP contribution < -0.4 is 5.32 Å². The van der Waals surface area contributed by atoms with Crippen LogP contribution in [0.3, 0.4) is 0 Å². The van der Waals surface area contributed by atoms with E-state index in [4.69, 9.17) is 11.6 Å². The summed E-state index contributed by atoms with van der Waals surface area (Å²) in [4.78, 5) is 15.2. The van der Waals surface area contributed by atoms with E-state index in [9.17, 15) is 9.18 Å². The smallest absolute Gasteiger partial charge is 0.270 e. The normalized spacial score (nSPS) is 12.2. The van der Waals surface area contributed by atoms with Crippen molar-refractivity contribution in [3.05, 3.63) is 29.8 Å². The zero-order valence-corrected chi connectivity index (χ0v) is 9.09. The number of alkyl halides is 1. The van der Waals surface area contributed by atoms with Gasteiger partial charge in [0.15, 0.2) is 0 Å². The number of nitrogens with one attached hydrogen (secondary N) is 1. The minimum atomic E-state index is -0.462. The lowest BCUT2D eigenvalue weighted by Crippen LogP contribution is -2.36. The van der Waals surface area contributed by atoms with Crippen molar-refractivity contribution >= 4 is 17.5 Å². The van der Waals surface area contributed by atoms with Gasteiger partial charge in [0.2, 0.25) is 0 Å². The Kier molecular flexibility index (Phi) is 4.49. The fourth-order valence-corrected chi connectivity index (χ4v) is 1.31. The predicted molar refractivity (Wildman–Crippen MR) is 56.5 cm³/mol. The Morgan fingerprint density at radius 3 is 2.87 bits per heavy atom. The molecule has 82 valence electrons. The van der Waals surface area contributed by atoms with Crippen LogP contribution in [0.25, 0.3) is 0 Å². The topological polar surface area (TPSA) is 42.0 Å². The van der Waals surface area contributed by atoms with Crippen LogP contribution in [0, 0.1) is 5.82 Å². The highest BCUT2D eigenvalue weighted by atomic mass is 35.5. The maximum Gasteiger partial charge on any atom is 0.270 e. The third kappa shape index (κ3) is 3.47. The summed E-state index contributed by atoms with van der Waals surface area (Å²) < 4.78 is 12.5. The first kappa shape index (κ1) is 11.9. The average Bonchev–Trinajstić information content (AvgIpc) is 2.26. The molecule has 3 nitrogen and oxygen atoms in total. The summed E-state index contributed by atoms with van der Waals surface area (Å²) in [5.41, 5.74) is 0.194. The van der Waals surface area contributed by atoms with Crippen molar-refractivity contribution in [2.75, 3.05) is 5.88 Å². The summed E-state index contributed by atoms with van der Waals surface area (Å²) in [5.74, 6) is -0.442. The van der Waals surface area contributed by atoms with Gasteiger partial charge < -0.3 is 5.32 Å². The van der Waals surface area contributed by atoms with Gasteiger partial charge in [0.1, 0.15) is 11.5 Å². The summed E-state index contributed by atoms with van der Waals surface area (Å²) in [6.45, 7) is 1.92. The first-order valence-electron chi connectivity index (χ1n) is 4.65. The number of halogens is 2. The maximum absolute atomic E-state index is 12.5. The van der Waals surface area contributed by atoms with Crippen LogP contribution in [0.1, 0.15) is 23.8 Å². The number of pyridine rings is 1. The minimum absolute atomic E-state index is 0.0778. The van der Waals surface area contributed by atoms with Gasteiger partial charge in [0.05, 0.1) is 6.20 Å². The van der Waals surface area contributed by atoms with Crippen LogP contribution in [0.15, 0.2) is 18.3 Å². The fourth-order valence-electron chi connectivity index (χ4n) is 1.02. The second kappa shape index (κ2) is 5.66. The molecule has 0 aliphatic carbocycles. The highest BCUT2D eigenvalue weighted by Gasteiger charge is 2.11. The summed E-state index contributed by atoms with van der Waals surface area (Å²) in [6.07, 6.45) is 1.76. The zero-order chi connectivity index (χ0) is 11.3. The first-order valence-corrected chi connectivity index (χ1v) is 5.19. The molecular weight excluding hydrogens is 219 g/mol. The Morgan fingerprint density at radius 1 is 1.67 bits per heavy atom. The van der Waals surface area contributed by atoms with E-state index >= 15 is 0 Å². The molecule has 1 amide bonds. The van der Waals surface area contributed by atoms with E-state index in [1.165, 1.54) is 12.1 Å². The number of carbonyl (C=O) groups is 1. The monoisotopic (exact) mass is 230 g/mol. The third-order valence-electron chi connectivity index (χ3n) is 1.97. The molecule has 15 heavy (non-hydrogen) atoms. The van der Waals surface area contributed by atoms with Crippen molar-refractivity contribution in [3.8, 4) is 0 Å². The van der Waals surface area contributed by atoms with Crippen LogP contribution in [-0.2, 0) is 0 Å². The largest absolute Gasteiger partial charge is 0.347 e. The van der Waals surface area contributed by atoms with Crippen molar-refractivity contribution in [1.29, 1.82) is 0 Å². The molecule has 1 rings (SSSR count). The molecule has 0 bridgehead atoms. The van der Waals surface area contributed by atoms with Gasteiger partial charge in [-0.25, -0.2) is 9.37 Å². The average molecular weight is 231 g/mol. The van der Waals surface area contributed by atoms with Gasteiger partial charge in [-0.3, -0.25) is 4.79 Å². The van der Waals surface area contributed by atoms with Gasteiger partial charge in [-0.1, -0.05) is 6.92 Å². The number of nitrogens with zero attached hydrogens (tertiary/aromatic N) is 1. The quantitative estimate of drug-likeness (QED) is 0.804. The summed E-state index contributed by atoms with van der Waals surface area (Å²) in [5, 5.41) is 2.70. The first-order chi connectivity index (χ1) is 7.17. The molecule has 0 aliphatic heterocycles. The second-order valence-corrected chi connectivity index (χ2v) is 3.40. The molecule has 0 radical (unpaired) electrons. The lowest BCUT2D eigenvalue weighted by atomic mass is 10.2. The molecule has 1 N–H and O–H groups in total. The van der Waals surface area contributed by atoms with E-state index in [0.717, 1.165) is 12.6 Å². The van der Waals surface area contributed by atoms with Gasteiger partial charge in [-0.05, 0) is 18.6 Å². The van der Waals surface area contributed by atoms with Crippen LogP contribution in [0.2, 0.25) is 0 Å². The maximum atomic E-state index is 12.5. The Balaban J connectivity index is 2.64. The van der Waals surface area contributed by atoms with E-state index in [0.29, 0.717) is 5.88 Å². The number of amides is 1. The molecule has 1 aromatic rings. The molecule has 1 atom stereocenters. The number of aromatic nitrogens is 1. The molecular formula is C10H12ClFN2O. The van der Waals surface area contributed by atoms with Crippen molar-refractivity contribution in [1.82, 2.24) is 10.3 Å². The SMILES string of the molecule is CCC(CCl)NC(=O)c1ccc(F)cn1. The zero-order valence-electron chi connectivity index (χ0n) is 8.34. The van der Waals surface area contributed by atoms with Crippen molar-refractivity contribution in [2.45, 2.75) is 19.4 Å². The standard InChI is InChI=1S/C10H12ClFN2O/c1-2-8(5-11)14-10(15)9-4-3-7(12)6-13-9/h3-4,6,8H,2,5H2,1H3,(H,14,15). The van der Waals surface area contributed by atoms with E-state index in [-0.39, 0.29) is 17.6 Å². The van der Waals surface area contributed by atoms with E-state index in [1.807, 2.05) is 6.92 Å². The van der Waals surface area contributed by atoms with E-state index in [1.54, 1.807) is 0 Å². The molecule has 0 saturated heterocycles. The van der Waals surface area contributed by atoms with Crippen molar-refractivity contribution < 1.29 is 9.18 Å². The van der Waals surface area contributed by atoms with Crippen LogP contribution in [0.5, 0.6) is 0 Å². The number of hydrogen-bond donors (Lipinski definition) is 1. The second-order valence-electron chi connectivity index (χ2n) is 3.09. The molecule has 0 saturated carbocycles. The molecule has 1 heterocycles. The Bertz CT molecular complexity index is 325. The van der Waals surface area contributed by atoms with E-state index < -0.39 is 5.82 Å². The Morgan fingerprint density at radius 2 is 2.40 bits per heavy atom. The Labute approximate surface area is 92.7 Å². The van der Waals surface area contributed by atoms with Crippen LogP contribution >= 0.6 is 11.6 Å². The minimum Gasteiger partial charge on any atom is -0.347 e. The summed E-state index contributed by atoms with van der Waals surface area (Å²) >= 11 is 5.63. The molecule has 0 fully saturated rings. The summed E-state index contributed by atoms with van der Waals surface area (Å²) in [6, 6.07) is 2.46. The highest BCUT2D eigenvalue weighted by molar-refractivity contribution is 6.18. The van der Waals surface area contributed by atoms with Crippen LogP contribution in [-0.4, -0.2) is 22.8 Å². The molecule has 1 aromatic heterocycles. The number of hydrogen-bond acceptors (Lipinski definition) is 2. The lowest BCUT2D eigenvalue weighted by molar-refractivity contribution is 0.0934. The Hall–Kier alpha value is -1.16. The molecule has 1 unspecified atom stereocenters. The van der Waals surface area contributed by atoms with Gasteiger partial charge in [0.25, 0.3) is 5.91 Å². The number of carbonyl (C=O) groups excluding carboxylic acids is 1. The van der Waals surface area contributed by atoms with Crippen molar-refractivity contribution in [2.24, 2.45) is 0 Å². The van der Waals surface area contributed by atoms with Gasteiger partial charge in [-0.15, -0.1) is 11.6 Å². The van der Waals surface area contributed by atoms with Crippen molar-refractivity contribution in [3.63, 3.8) is 0 Å². The molecule has 0 aliphatic rings. The molecule has 5 heteroatoms. The predicted octanol–water partition coefficient (Wildman–Crippen LogP) is 1.97. The molecule has 0 aromatic carbocycles. The summed E-state index contributed by atoms with van der Waals surface area (Å²) in [7, 11) is 0. The van der Waals surface area contributed by atoms with Gasteiger partial charge >= 0.3 is 0 Å². The van der Waals surface area contributed by atoms with Gasteiger partial charge in [-0.2, -0.15) is 0 Å². The molecule has 0 spiro atoms. The van der Waals surface area contributed by atoms with Gasteiger partial charge in [0, 0.05) is 11.9 Å².